The monoisotopic (exact) mass is 429 g/mol. The Kier molecular flexibility index (Phi) is 6.46. The number of piperidine rings is 1. The molecule has 1 aromatic carbocycles. The van der Waals surface area contributed by atoms with Gasteiger partial charge in [-0.2, -0.15) is 0 Å². The van der Waals surface area contributed by atoms with Gasteiger partial charge in [0.2, 0.25) is 0 Å². The van der Waals surface area contributed by atoms with Crippen LogP contribution in [-0.4, -0.2) is 60.8 Å². The quantitative estimate of drug-likeness (QED) is 0.754. The average molecular weight is 430 g/mol. The van der Waals surface area contributed by atoms with Gasteiger partial charge < -0.3 is 24.6 Å². The number of rotatable bonds is 6. The van der Waals surface area contributed by atoms with Crippen LogP contribution < -0.4 is 19.7 Å². The Hall–Kier alpha value is -2.61. The van der Waals surface area contributed by atoms with Crippen molar-refractivity contribution in [3.8, 4) is 11.5 Å². The van der Waals surface area contributed by atoms with E-state index < -0.39 is 5.82 Å². The molecule has 1 saturated heterocycles. The molecule has 0 atom stereocenters. The number of methoxy groups -OCH3 is 1. The number of benzene rings is 1. The van der Waals surface area contributed by atoms with E-state index in [-0.39, 0.29) is 17.9 Å². The maximum atomic E-state index is 14.3. The van der Waals surface area contributed by atoms with E-state index in [4.69, 9.17) is 19.4 Å². The summed E-state index contributed by atoms with van der Waals surface area (Å²) in [5.41, 5.74) is 2.16. The fourth-order valence-electron chi connectivity index (χ4n) is 4.11. The van der Waals surface area contributed by atoms with Gasteiger partial charge in [0.1, 0.15) is 11.9 Å². The van der Waals surface area contributed by atoms with Crippen LogP contribution in [0.25, 0.3) is 0 Å². The first-order chi connectivity index (χ1) is 14.9. The highest BCUT2D eigenvalue weighted by Crippen LogP contribution is 2.31. The van der Waals surface area contributed by atoms with Gasteiger partial charge in [0.25, 0.3) is 0 Å². The number of nitrogens with zero attached hydrogens (tertiary/aromatic N) is 4. The molecule has 0 amide bonds. The molecule has 168 valence electrons. The van der Waals surface area contributed by atoms with Gasteiger partial charge in [0.15, 0.2) is 23.2 Å². The SMILES string of the molecule is COc1ccc(OC2CCN(c3nc4c(nc3NC(C)C)CN(C)CC4)CC2)c(F)c1. The molecule has 0 radical (unpaired) electrons. The molecular formula is C23H32FN5O2. The minimum Gasteiger partial charge on any atom is -0.497 e. The Balaban J connectivity index is 1.46. The minimum atomic E-state index is -0.393. The topological polar surface area (TPSA) is 62.8 Å². The number of halogens is 1. The Morgan fingerprint density at radius 2 is 1.90 bits per heavy atom. The normalized spacial score (nSPS) is 17.5. The first kappa shape index (κ1) is 21.6. The first-order valence-corrected chi connectivity index (χ1v) is 11.0. The zero-order valence-corrected chi connectivity index (χ0v) is 18.8. The summed E-state index contributed by atoms with van der Waals surface area (Å²) in [4.78, 5) is 14.5. The van der Waals surface area contributed by atoms with Crippen LogP contribution in [0, 0.1) is 5.82 Å². The van der Waals surface area contributed by atoms with Crippen LogP contribution in [-0.2, 0) is 13.0 Å². The van der Waals surface area contributed by atoms with Crippen LogP contribution in [0.3, 0.4) is 0 Å². The third kappa shape index (κ3) is 5.01. The van der Waals surface area contributed by atoms with E-state index in [0.717, 1.165) is 68.5 Å². The van der Waals surface area contributed by atoms with Gasteiger partial charge in [0.05, 0.1) is 18.5 Å². The van der Waals surface area contributed by atoms with Gasteiger partial charge in [0, 0.05) is 57.5 Å². The number of aromatic nitrogens is 2. The van der Waals surface area contributed by atoms with Gasteiger partial charge in [-0.3, -0.25) is 0 Å². The zero-order chi connectivity index (χ0) is 22.0. The summed E-state index contributed by atoms with van der Waals surface area (Å²) in [6, 6.07) is 4.98. The van der Waals surface area contributed by atoms with E-state index in [1.807, 2.05) is 0 Å². The molecule has 31 heavy (non-hydrogen) atoms. The fourth-order valence-corrected chi connectivity index (χ4v) is 4.11. The van der Waals surface area contributed by atoms with Crippen molar-refractivity contribution in [1.82, 2.24) is 14.9 Å². The summed E-state index contributed by atoms with van der Waals surface area (Å²) in [6.45, 7) is 7.65. The second-order valence-corrected chi connectivity index (χ2v) is 8.68. The largest absolute Gasteiger partial charge is 0.497 e. The van der Waals surface area contributed by atoms with Crippen molar-refractivity contribution in [2.75, 3.05) is 44.0 Å². The predicted octanol–water partition coefficient (Wildman–Crippen LogP) is 3.48. The molecule has 2 aliphatic heterocycles. The molecule has 4 rings (SSSR count). The summed E-state index contributed by atoms with van der Waals surface area (Å²) < 4.78 is 25.3. The molecule has 0 bridgehead atoms. The number of hydrogen-bond acceptors (Lipinski definition) is 7. The standard InChI is InChI=1S/C23H32FN5O2/c1-15(2)25-22-23(27-19-9-10-28(3)14-20(19)26-22)29-11-7-16(8-12-29)31-21-6-5-17(30-4)13-18(21)24/h5-6,13,15-16H,7-12,14H2,1-4H3,(H,25,26). The second-order valence-electron chi connectivity index (χ2n) is 8.68. The van der Waals surface area contributed by atoms with Crippen LogP contribution >= 0.6 is 0 Å². The highest BCUT2D eigenvalue weighted by atomic mass is 19.1. The molecular weight excluding hydrogens is 397 g/mol. The minimum absolute atomic E-state index is 0.0279. The Morgan fingerprint density at radius 3 is 2.58 bits per heavy atom. The maximum Gasteiger partial charge on any atom is 0.172 e. The summed E-state index contributed by atoms with van der Waals surface area (Å²) >= 11 is 0. The highest BCUT2D eigenvalue weighted by Gasteiger charge is 2.27. The smallest absolute Gasteiger partial charge is 0.172 e. The van der Waals surface area contributed by atoms with Crippen LogP contribution in [0.4, 0.5) is 16.0 Å². The lowest BCUT2D eigenvalue weighted by Gasteiger charge is -2.35. The third-order valence-electron chi connectivity index (χ3n) is 5.78. The molecule has 2 aromatic rings. The number of anilines is 2. The van der Waals surface area contributed by atoms with Crippen molar-refractivity contribution >= 4 is 11.6 Å². The molecule has 1 N–H and O–H groups in total. The lowest BCUT2D eigenvalue weighted by atomic mass is 10.1. The van der Waals surface area contributed by atoms with Crippen molar-refractivity contribution in [2.45, 2.75) is 51.8 Å². The predicted molar refractivity (Wildman–Crippen MR) is 120 cm³/mol. The van der Waals surface area contributed by atoms with Gasteiger partial charge in [-0.25, -0.2) is 14.4 Å². The van der Waals surface area contributed by atoms with E-state index in [0.29, 0.717) is 5.75 Å². The van der Waals surface area contributed by atoms with Crippen molar-refractivity contribution in [2.24, 2.45) is 0 Å². The van der Waals surface area contributed by atoms with Crippen molar-refractivity contribution in [1.29, 1.82) is 0 Å². The van der Waals surface area contributed by atoms with E-state index in [2.05, 4.69) is 36.0 Å². The zero-order valence-electron chi connectivity index (χ0n) is 18.8. The van der Waals surface area contributed by atoms with Crippen molar-refractivity contribution in [3.63, 3.8) is 0 Å². The molecule has 1 aromatic heterocycles. The summed E-state index contributed by atoms with van der Waals surface area (Å²) in [5, 5.41) is 3.48. The number of hydrogen-bond donors (Lipinski definition) is 1. The number of nitrogens with one attached hydrogen (secondary N) is 1. The van der Waals surface area contributed by atoms with Crippen LogP contribution in [0.1, 0.15) is 38.1 Å². The summed E-state index contributed by atoms with van der Waals surface area (Å²) in [6.07, 6.45) is 2.49. The fraction of sp³-hybridized carbons (Fsp3) is 0.565. The van der Waals surface area contributed by atoms with Crippen molar-refractivity contribution in [3.05, 3.63) is 35.4 Å². The molecule has 3 heterocycles. The number of likely N-dealkylation sites (N-methyl/N-ethyl adjacent to an activating group) is 1. The summed E-state index contributed by atoms with van der Waals surface area (Å²) in [7, 11) is 3.64. The second kappa shape index (κ2) is 9.26. The molecule has 7 nitrogen and oxygen atoms in total. The van der Waals surface area contributed by atoms with Gasteiger partial charge in [-0.05, 0) is 33.0 Å². The molecule has 8 heteroatoms. The lowest BCUT2D eigenvalue weighted by Crippen LogP contribution is -2.40. The van der Waals surface area contributed by atoms with E-state index in [9.17, 15) is 4.39 Å². The van der Waals surface area contributed by atoms with Gasteiger partial charge in [-0.15, -0.1) is 0 Å². The molecule has 0 saturated carbocycles. The van der Waals surface area contributed by atoms with E-state index >= 15 is 0 Å². The maximum absolute atomic E-state index is 14.3. The molecule has 2 aliphatic rings. The van der Waals surface area contributed by atoms with Gasteiger partial charge >= 0.3 is 0 Å². The molecule has 1 fully saturated rings. The lowest BCUT2D eigenvalue weighted by molar-refractivity contribution is 0.163. The van der Waals surface area contributed by atoms with Gasteiger partial charge in [-0.1, -0.05) is 0 Å². The van der Waals surface area contributed by atoms with Crippen LogP contribution in [0.2, 0.25) is 0 Å². The van der Waals surface area contributed by atoms with Crippen LogP contribution in [0.15, 0.2) is 18.2 Å². The number of fused-ring (bicyclic) bond motifs is 1. The molecule has 0 unspecified atom stereocenters. The first-order valence-electron chi connectivity index (χ1n) is 11.0. The van der Waals surface area contributed by atoms with E-state index in [1.165, 1.54) is 13.2 Å². The molecule has 0 spiro atoms. The van der Waals surface area contributed by atoms with Crippen molar-refractivity contribution < 1.29 is 13.9 Å². The Morgan fingerprint density at radius 1 is 1.13 bits per heavy atom. The third-order valence-corrected chi connectivity index (χ3v) is 5.78. The summed E-state index contributed by atoms with van der Waals surface area (Å²) in [5.74, 6) is 2.15. The molecule has 0 aliphatic carbocycles. The highest BCUT2D eigenvalue weighted by molar-refractivity contribution is 5.62. The number of ether oxygens (including phenoxy) is 2. The Labute approximate surface area is 183 Å². The average Bonchev–Trinajstić information content (AvgIpc) is 2.75. The van der Waals surface area contributed by atoms with E-state index in [1.54, 1.807) is 12.1 Å². The Bertz CT molecular complexity index is 915. The van der Waals surface area contributed by atoms with Crippen LogP contribution in [0.5, 0.6) is 11.5 Å².